The Morgan fingerprint density at radius 1 is 1.35 bits per heavy atom. The van der Waals surface area contributed by atoms with Crippen molar-refractivity contribution in [3.63, 3.8) is 0 Å². The molecular formula is C14H16BrClN4. The summed E-state index contributed by atoms with van der Waals surface area (Å²) in [4.78, 5) is 8.74. The first kappa shape index (κ1) is 15.1. The van der Waals surface area contributed by atoms with Crippen molar-refractivity contribution in [2.24, 2.45) is 0 Å². The molecule has 6 heteroatoms. The summed E-state index contributed by atoms with van der Waals surface area (Å²) in [6.45, 7) is 4.91. The first-order chi connectivity index (χ1) is 9.61. The van der Waals surface area contributed by atoms with Gasteiger partial charge in [-0.3, -0.25) is 0 Å². The maximum absolute atomic E-state index is 6.09. The zero-order chi connectivity index (χ0) is 14.5. The van der Waals surface area contributed by atoms with E-state index < -0.39 is 0 Å². The molecule has 0 saturated heterocycles. The van der Waals surface area contributed by atoms with Crippen LogP contribution in [-0.4, -0.2) is 16.5 Å². The van der Waals surface area contributed by atoms with Crippen LogP contribution in [0, 0.1) is 6.92 Å². The van der Waals surface area contributed by atoms with Gasteiger partial charge in [0.25, 0.3) is 0 Å². The molecule has 0 unspecified atom stereocenters. The van der Waals surface area contributed by atoms with Crippen LogP contribution in [0.1, 0.15) is 18.9 Å². The summed E-state index contributed by atoms with van der Waals surface area (Å²) in [5, 5.41) is 7.11. The van der Waals surface area contributed by atoms with Gasteiger partial charge in [-0.05, 0) is 41.4 Å². The van der Waals surface area contributed by atoms with Gasteiger partial charge in [0, 0.05) is 18.3 Å². The normalized spacial score (nSPS) is 10.4. The lowest BCUT2D eigenvalue weighted by atomic mass is 10.3. The average molecular weight is 356 g/mol. The van der Waals surface area contributed by atoms with E-state index in [9.17, 15) is 0 Å². The highest BCUT2D eigenvalue weighted by Gasteiger charge is 2.08. The fourth-order valence-electron chi connectivity index (χ4n) is 1.62. The van der Waals surface area contributed by atoms with Gasteiger partial charge >= 0.3 is 0 Å². The van der Waals surface area contributed by atoms with Crippen molar-refractivity contribution in [2.75, 3.05) is 17.2 Å². The second kappa shape index (κ2) is 6.90. The summed E-state index contributed by atoms with van der Waals surface area (Å²) in [6, 6.07) is 5.66. The fraction of sp³-hybridized carbons (Fsp3) is 0.286. The highest BCUT2D eigenvalue weighted by molar-refractivity contribution is 9.10. The molecule has 4 nitrogen and oxygen atoms in total. The SMILES string of the molecule is CCCNc1ncc(C)c(Nc2cccc(Cl)c2Br)n1. The molecule has 0 spiro atoms. The van der Waals surface area contributed by atoms with Crippen LogP contribution < -0.4 is 10.6 Å². The van der Waals surface area contributed by atoms with Crippen molar-refractivity contribution in [1.29, 1.82) is 0 Å². The second-order valence-corrected chi connectivity index (χ2v) is 5.58. The number of halogens is 2. The van der Waals surface area contributed by atoms with Crippen molar-refractivity contribution < 1.29 is 0 Å². The van der Waals surface area contributed by atoms with Crippen LogP contribution in [0.15, 0.2) is 28.9 Å². The summed E-state index contributed by atoms with van der Waals surface area (Å²) < 4.78 is 0.822. The molecular weight excluding hydrogens is 340 g/mol. The molecule has 0 fully saturated rings. The molecule has 2 aromatic rings. The number of hydrogen-bond donors (Lipinski definition) is 2. The Hall–Kier alpha value is -1.33. The predicted octanol–water partition coefficient (Wildman–Crippen LogP) is 4.77. The topological polar surface area (TPSA) is 49.8 Å². The first-order valence-corrected chi connectivity index (χ1v) is 7.57. The third kappa shape index (κ3) is 3.61. The lowest BCUT2D eigenvalue weighted by Crippen LogP contribution is -2.07. The Bertz CT molecular complexity index is 604. The minimum absolute atomic E-state index is 0.623. The summed E-state index contributed by atoms with van der Waals surface area (Å²) in [5.74, 6) is 1.39. The Morgan fingerprint density at radius 2 is 2.15 bits per heavy atom. The van der Waals surface area contributed by atoms with Crippen LogP contribution in [0.3, 0.4) is 0 Å². The third-order valence-corrected chi connectivity index (χ3v) is 4.11. The van der Waals surface area contributed by atoms with Crippen molar-refractivity contribution in [2.45, 2.75) is 20.3 Å². The molecule has 2 N–H and O–H groups in total. The number of nitrogens with zero attached hydrogens (tertiary/aromatic N) is 2. The van der Waals surface area contributed by atoms with Crippen LogP contribution in [0.4, 0.5) is 17.5 Å². The highest BCUT2D eigenvalue weighted by atomic mass is 79.9. The monoisotopic (exact) mass is 354 g/mol. The molecule has 2 rings (SSSR count). The van der Waals surface area contributed by atoms with Crippen molar-refractivity contribution in [3.8, 4) is 0 Å². The van der Waals surface area contributed by atoms with Crippen LogP contribution in [0.25, 0.3) is 0 Å². The molecule has 0 saturated carbocycles. The van der Waals surface area contributed by atoms with Gasteiger partial charge in [-0.2, -0.15) is 4.98 Å². The van der Waals surface area contributed by atoms with E-state index in [4.69, 9.17) is 11.6 Å². The summed E-state index contributed by atoms with van der Waals surface area (Å²) in [6.07, 6.45) is 2.83. The Morgan fingerprint density at radius 3 is 2.90 bits per heavy atom. The number of hydrogen-bond acceptors (Lipinski definition) is 4. The van der Waals surface area contributed by atoms with Gasteiger partial charge in [0.05, 0.1) is 15.2 Å². The van der Waals surface area contributed by atoms with Gasteiger partial charge in [0.1, 0.15) is 5.82 Å². The Balaban J connectivity index is 2.26. The zero-order valence-corrected chi connectivity index (χ0v) is 13.7. The van der Waals surface area contributed by atoms with E-state index in [1.54, 1.807) is 6.20 Å². The molecule has 0 atom stereocenters. The lowest BCUT2D eigenvalue weighted by molar-refractivity contribution is 0.950. The first-order valence-electron chi connectivity index (χ1n) is 6.40. The van der Waals surface area contributed by atoms with Crippen molar-refractivity contribution in [3.05, 3.63) is 39.5 Å². The quantitative estimate of drug-likeness (QED) is 0.811. The Kier molecular flexibility index (Phi) is 5.20. The van der Waals surface area contributed by atoms with Crippen LogP contribution in [-0.2, 0) is 0 Å². The van der Waals surface area contributed by atoms with E-state index in [1.165, 1.54) is 0 Å². The largest absolute Gasteiger partial charge is 0.354 e. The average Bonchev–Trinajstić information content (AvgIpc) is 2.44. The molecule has 0 bridgehead atoms. The van der Waals surface area contributed by atoms with Gasteiger partial charge in [-0.15, -0.1) is 0 Å². The molecule has 106 valence electrons. The molecule has 1 aromatic heterocycles. The van der Waals surface area contributed by atoms with E-state index >= 15 is 0 Å². The van der Waals surface area contributed by atoms with Crippen molar-refractivity contribution >= 4 is 45.0 Å². The van der Waals surface area contributed by atoms with Gasteiger partial charge in [-0.25, -0.2) is 4.98 Å². The molecule has 1 aromatic carbocycles. The number of rotatable bonds is 5. The molecule has 0 radical (unpaired) electrons. The molecule has 20 heavy (non-hydrogen) atoms. The molecule has 0 aliphatic rings. The Labute approximate surface area is 132 Å². The third-order valence-electron chi connectivity index (χ3n) is 2.71. The number of aromatic nitrogens is 2. The van der Waals surface area contributed by atoms with E-state index in [-0.39, 0.29) is 0 Å². The zero-order valence-electron chi connectivity index (χ0n) is 11.4. The van der Waals surface area contributed by atoms with E-state index in [0.717, 1.165) is 34.5 Å². The number of anilines is 3. The summed E-state index contributed by atoms with van der Waals surface area (Å²) >= 11 is 9.56. The fourth-order valence-corrected chi connectivity index (χ4v) is 2.16. The van der Waals surface area contributed by atoms with Gasteiger partial charge in [0.2, 0.25) is 5.95 Å². The summed E-state index contributed by atoms with van der Waals surface area (Å²) in [5.41, 5.74) is 1.85. The molecule has 1 heterocycles. The van der Waals surface area contributed by atoms with Crippen LogP contribution >= 0.6 is 27.5 Å². The maximum atomic E-state index is 6.09. The maximum Gasteiger partial charge on any atom is 0.224 e. The van der Waals surface area contributed by atoms with E-state index in [2.05, 4.69) is 43.5 Å². The number of nitrogens with one attached hydrogen (secondary N) is 2. The highest BCUT2D eigenvalue weighted by Crippen LogP contribution is 2.32. The van der Waals surface area contributed by atoms with Gasteiger partial charge < -0.3 is 10.6 Å². The van der Waals surface area contributed by atoms with Crippen LogP contribution in [0.5, 0.6) is 0 Å². The van der Waals surface area contributed by atoms with Crippen LogP contribution in [0.2, 0.25) is 5.02 Å². The standard InChI is InChI=1S/C14H16BrClN4/c1-3-7-17-14-18-8-9(2)13(20-14)19-11-6-4-5-10(16)12(11)15/h4-6,8H,3,7H2,1-2H3,(H2,17,18,19,20). The lowest BCUT2D eigenvalue weighted by Gasteiger charge is -2.12. The van der Waals surface area contributed by atoms with Gasteiger partial charge in [-0.1, -0.05) is 24.6 Å². The predicted molar refractivity (Wildman–Crippen MR) is 88.0 cm³/mol. The molecule has 0 amide bonds. The molecule has 0 aliphatic carbocycles. The second-order valence-electron chi connectivity index (χ2n) is 4.38. The van der Waals surface area contributed by atoms with Gasteiger partial charge in [0.15, 0.2) is 0 Å². The minimum atomic E-state index is 0.623. The summed E-state index contributed by atoms with van der Waals surface area (Å²) in [7, 11) is 0. The van der Waals surface area contributed by atoms with E-state index in [1.807, 2.05) is 25.1 Å². The van der Waals surface area contributed by atoms with E-state index in [0.29, 0.717) is 11.0 Å². The molecule has 0 aliphatic heterocycles. The minimum Gasteiger partial charge on any atom is -0.354 e. The van der Waals surface area contributed by atoms with Crippen molar-refractivity contribution in [1.82, 2.24) is 9.97 Å². The number of benzene rings is 1. The smallest absolute Gasteiger partial charge is 0.224 e. The number of aryl methyl sites for hydroxylation is 1.